The first kappa shape index (κ1) is 24.2. The molecule has 0 radical (unpaired) electrons. The van der Waals surface area contributed by atoms with E-state index in [4.69, 9.17) is 11.6 Å². The van der Waals surface area contributed by atoms with E-state index in [0.29, 0.717) is 36.5 Å². The topological polar surface area (TPSA) is 69.7 Å². The molecule has 1 N–H and O–H groups in total. The molecule has 2 aliphatic rings. The van der Waals surface area contributed by atoms with Crippen molar-refractivity contribution in [3.8, 4) is 0 Å². The van der Waals surface area contributed by atoms with Crippen LogP contribution in [0.15, 0.2) is 48.5 Å². The number of sulfonamides is 1. The summed E-state index contributed by atoms with van der Waals surface area (Å²) in [6, 6.07) is 15.3. The van der Waals surface area contributed by atoms with Crippen molar-refractivity contribution in [2.24, 2.45) is 5.92 Å². The van der Waals surface area contributed by atoms with Gasteiger partial charge >= 0.3 is 0 Å². The predicted molar refractivity (Wildman–Crippen MR) is 131 cm³/mol. The molecule has 0 aliphatic carbocycles. The van der Waals surface area contributed by atoms with Gasteiger partial charge < -0.3 is 5.32 Å². The first-order valence-corrected chi connectivity index (χ1v) is 13.7. The summed E-state index contributed by atoms with van der Waals surface area (Å²) in [4.78, 5) is 15.3. The molecule has 0 saturated carbocycles. The zero-order chi connectivity index (χ0) is 23.3. The van der Waals surface area contributed by atoms with Crippen molar-refractivity contribution in [3.05, 3.63) is 70.2 Å². The van der Waals surface area contributed by atoms with E-state index in [1.54, 1.807) is 24.3 Å². The predicted octanol–water partition coefficient (Wildman–Crippen LogP) is 3.79. The van der Waals surface area contributed by atoms with Crippen LogP contribution in [0.25, 0.3) is 0 Å². The summed E-state index contributed by atoms with van der Waals surface area (Å²) < 4.78 is 27.3. The minimum absolute atomic E-state index is 0.0844. The maximum atomic E-state index is 12.9. The summed E-state index contributed by atoms with van der Waals surface area (Å²) in [6.45, 7) is 4.45. The molecule has 4 rings (SSSR count). The van der Waals surface area contributed by atoms with E-state index in [0.717, 1.165) is 12.1 Å². The van der Waals surface area contributed by atoms with Gasteiger partial charge in [0.25, 0.3) is 0 Å². The lowest BCUT2D eigenvalue weighted by atomic mass is 9.98. The Morgan fingerprint density at radius 2 is 1.70 bits per heavy atom. The Hall–Kier alpha value is -1.93. The Kier molecular flexibility index (Phi) is 8.07. The molecule has 8 heteroatoms. The number of nitrogens with one attached hydrogen (secondary N) is 1. The quantitative estimate of drug-likeness (QED) is 0.612. The molecule has 0 aromatic heterocycles. The molecule has 2 aromatic rings. The fourth-order valence-electron chi connectivity index (χ4n) is 4.63. The number of carbonyl (C=O) groups is 1. The fraction of sp³-hybridized carbons (Fsp3) is 0.480. The summed E-state index contributed by atoms with van der Waals surface area (Å²) in [6.07, 6.45) is 3.94. The van der Waals surface area contributed by atoms with Gasteiger partial charge in [-0.05, 0) is 67.6 Å². The average Bonchev–Trinajstić information content (AvgIpc) is 3.31. The van der Waals surface area contributed by atoms with Crippen LogP contribution in [0.3, 0.4) is 0 Å². The monoisotopic (exact) mass is 489 g/mol. The SMILES string of the molecule is O=C(NCc1ccc(CN2CCCC2)cc1)C1CCCN(S(=O)(=O)Cc2cccc(Cl)c2)C1. The van der Waals surface area contributed by atoms with Crippen molar-refractivity contribution in [3.63, 3.8) is 0 Å². The number of likely N-dealkylation sites (tertiary alicyclic amines) is 1. The summed E-state index contributed by atoms with van der Waals surface area (Å²) in [7, 11) is -3.51. The van der Waals surface area contributed by atoms with Crippen LogP contribution in [0.4, 0.5) is 0 Å². The van der Waals surface area contributed by atoms with Crippen molar-refractivity contribution in [2.45, 2.75) is 44.5 Å². The van der Waals surface area contributed by atoms with Gasteiger partial charge in [-0.15, -0.1) is 0 Å². The first-order chi connectivity index (χ1) is 15.9. The van der Waals surface area contributed by atoms with Crippen LogP contribution in [0.2, 0.25) is 5.02 Å². The summed E-state index contributed by atoms with van der Waals surface area (Å²) >= 11 is 5.99. The van der Waals surface area contributed by atoms with E-state index >= 15 is 0 Å². The molecular formula is C25H32ClN3O3S. The number of carbonyl (C=O) groups excluding carboxylic acids is 1. The molecule has 2 aliphatic heterocycles. The zero-order valence-corrected chi connectivity index (χ0v) is 20.5. The molecule has 2 aromatic carbocycles. The molecule has 1 amide bonds. The van der Waals surface area contributed by atoms with Gasteiger partial charge in [0.15, 0.2) is 0 Å². The summed E-state index contributed by atoms with van der Waals surface area (Å²) in [5, 5.41) is 3.52. The molecule has 2 saturated heterocycles. The Morgan fingerprint density at radius 1 is 0.970 bits per heavy atom. The zero-order valence-electron chi connectivity index (χ0n) is 18.9. The standard InChI is InChI=1S/C25H32ClN3O3S/c26-24-7-3-5-22(15-24)19-33(31,32)29-14-4-6-23(18-29)25(30)27-16-20-8-10-21(11-9-20)17-28-12-1-2-13-28/h3,5,7-11,15,23H,1-2,4,6,12-14,16-19H2,(H,27,30). The molecule has 6 nitrogen and oxygen atoms in total. The van der Waals surface area contributed by atoms with E-state index in [1.807, 2.05) is 0 Å². The third-order valence-electron chi connectivity index (χ3n) is 6.48. The first-order valence-electron chi connectivity index (χ1n) is 11.7. The smallest absolute Gasteiger partial charge is 0.224 e. The molecule has 0 spiro atoms. The van der Waals surface area contributed by atoms with Crippen molar-refractivity contribution < 1.29 is 13.2 Å². The van der Waals surface area contributed by atoms with Crippen LogP contribution in [-0.4, -0.2) is 49.7 Å². The number of rotatable bonds is 8. The van der Waals surface area contributed by atoms with E-state index in [1.165, 1.54) is 35.8 Å². The lowest BCUT2D eigenvalue weighted by Gasteiger charge is -2.31. The van der Waals surface area contributed by atoms with Crippen molar-refractivity contribution in [1.82, 2.24) is 14.5 Å². The Morgan fingerprint density at radius 3 is 2.42 bits per heavy atom. The van der Waals surface area contributed by atoms with Crippen LogP contribution in [0.1, 0.15) is 42.4 Å². The minimum atomic E-state index is -3.51. The third kappa shape index (κ3) is 6.79. The van der Waals surface area contributed by atoms with Crippen LogP contribution in [0, 0.1) is 5.92 Å². The minimum Gasteiger partial charge on any atom is -0.352 e. The number of piperidine rings is 1. The largest absolute Gasteiger partial charge is 0.352 e. The van der Waals surface area contributed by atoms with Gasteiger partial charge in [-0.25, -0.2) is 12.7 Å². The molecule has 1 atom stereocenters. The van der Waals surface area contributed by atoms with Gasteiger partial charge in [0.1, 0.15) is 0 Å². The van der Waals surface area contributed by atoms with Crippen LogP contribution < -0.4 is 5.32 Å². The second kappa shape index (κ2) is 11.0. The lowest BCUT2D eigenvalue weighted by Crippen LogP contribution is -2.45. The van der Waals surface area contributed by atoms with E-state index in [-0.39, 0.29) is 24.1 Å². The second-order valence-electron chi connectivity index (χ2n) is 9.10. The maximum Gasteiger partial charge on any atom is 0.224 e. The highest BCUT2D eigenvalue weighted by molar-refractivity contribution is 7.88. The highest BCUT2D eigenvalue weighted by atomic mass is 35.5. The molecule has 0 bridgehead atoms. The number of halogens is 1. The highest BCUT2D eigenvalue weighted by Gasteiger charge is 2.32. The maximum absolute atomic E-state index is 12.9. The second-order valence-corrected chi connectivity index (χ2v) is 11.5. The van der Waals surface area contributed by atoms with Gasteiger partial charge in [0, 0.05) is 31.2 Å². The molecule has 2 fully saturated rings. The van der Waals surface area contributed by atoms with Gasteiger partial charge in [-0.1, -0.05) is 48.0 Å². The number of amides is 1. The summed E-state index contributed by atoms with van der Waals surface area (Å²) in [5.41, 5.74) is 3.00. The normalized spacial score (nSPS) is 20.1. The van der Waals surface area contributed by atoms with E-state index < -0.39 is 10.0 Å². The van der Waals surface area contributed by atoms with Crippen molar-refractivity contribution >= 4 is 27.5 Å². The van der Waals surface area contributed by atoms with Crippen LogP contribution in [0.5, 0.6) is 0 Å². The van der Waals surface area contributed by atoms with Crippen LogP contribution >= 0.6 is 11.6 Å². The molecule has 1 unspecified atom stereocenters. The Labute approximate surface area is 202 Å². The van der Waals surface area contributed by atoms with Crippen LogP contribution in [-0.2, 0) is 33.7 Å². The molecule has 2 heterocycles. The molecular weight excluding hydrogens is 458 g/mol. The number of benzene rings is 2. The summed E-state index contributed by atoms with van der Waals surface area (Å²) in [5.74, 6) is -0.521. The van der Waals surface area contributed by atoms with Gasteiger partial charge in [-0.2, -0.15) is 0 Å². The van der Waals surface area contributed by atoms with Crippen molar-refractivity contribution in [2.75, 3.05) is 26.2 Å². The Balaban J connectivity index is 1.28. The number of nitrogens with zero attached hydrogens (tertiary/aromatic N) is 2. The van der Waals surface area contributed by atoms with E-state index in [2.05, 4.69) is 34.5 Å². The molecule has 178 valence electrons. The number of hydrogen-bond acceptors (Lipinski definition) is 4. The van der Waals surface area contributed by atoms with Gasteiger partial charge in [0.05, 0.1) is 11.7 Å². The van der Waals surface area contributed by atoms with Gasteiger partial charge in [0.2, 0.25) is 15.9 Å². The third-order valence-corrected chi connectivity index (χ3v) is 8.53. The van der Waals surface area contributed by atoms with Gasteiger partial charge in [-0.3, -0.25) is 9.69 Å². The number of hydrogen-bond donors (Lipinski definition) is 1. The average molecular weight is 490 g/mol. The van der Waals surface area contributed by atoms with E-state index in [9.17, 15) is 13.2 Å². The fourth-order valence-corrected chi connectivity index (χ4v) is 6.44. The Bertz CT molecular complexity index is 1050. The molecule has 33 heavy (non-hydrogen) atoms. The lowest BCUT2D eigenvalue weighted by molar-refractivity contribution is -0.126. The van der Waals surface area contributed by atoms with Crippen molar-refractivity contribution in [1.29, 1.82) is 0 Å². The highest BCUT2D eigenvalue weighted by Crippen LogP contribution is 2.23.